The summed E-state index contributed by atoms with van der Waals surface area (Å²) in [6.45, 7) is 8.13. The van der Waals surface area contributed by atoms with Gasteiger partial charge in [-0.2, -0.15) is 0 Å². The van der Waals surface area contributed by atoms with E-state index in [1.165, 1.54) is 0 Å². The molecule has 5 nitrogen and oxygen atoms in total. The maximum atomic E-state index is 11.8. The summed E-state index contributed by atoms with van der Waals surface area (Å²) in [5.41, 5.74) is 1.29. The highest BCUT2D eigenvalue weighted by molar-refractivity contribution is 5.89. The number of rotatable bonds is 9. The molecule has 0 bridgehead atoms. The Morgan fingerprint density at radius 1 is 1.05 bits per heavy atom. The lowest BCUT2D eigenvalue weighted by molar-refractivity contribution is -0.142. The van der Waals surface area contributed by atoms with Crippen LogP contribution in [0.2, 0.25) is 0 Å². The second-order valence-electron chi connectivity index (χ2n) is 4.09. The molecule has 0 aliphatic carbocycles. The molecule has 0 atom stereocenters. The van der Waals surface area contributed by atoms with Gasteiger partial charge in [-0.05, 0) is 33.6 Å². The van der Waals surface area contributed by atoms with Gasteiger partial charge in [-0.15, -0.1) is 0 Å². The van der Waals surface area contributed by atoms with E-state index in [2.05, 4.69) is 12.2 Å². The first-order valence-electron chi connectivity index (χ1n) is 6.83. The standard InChI is InChI=1S/C14H25NO4/c1-5-8-9-12(14(17)19-7-3)11(4)15-10-13(16)18-6-2/h15H,5-10H2,1-4H3/b12-11-. The second kappa shape index (κ2) is 10.4. The van der Waals surface area contributed by atoms with Crippen LogP contribution < -0.4 is 5.32 Å². The summed E-state index contributed by atoms with van der Waals surface area (Å²) in [6.07, 6.45) is 2.55. The summed E-state index contributed by atoms with van der Waals surface area (Å²) in [7, 11) is 0. The van der Waals surface area contributed by atoms with Crippen LogP contribution in [0.1, 0.15) is 47.0 Å². The number of carbonyl (C=O) groups excluding carboxylic acids is 2. The third kappa shape index (κ3) is 7.49. The highest BCUT2D eigenvalue weighted by Crippen LogP contribution is 2.13. The van der Waals surface area contributed by atoms with E-state index in [0.717, 1.165) is 12.8 Å². The largest absolute Gasteiger partial charge is 0.465 e. The van der Waals surface area contributed by atoms with E-state index in [4.69, 9.17) is 9.47 Å². The summed E-state index contributed by atoms with van der Waals surface area (Å²) >= 11 is 0. The highest BCUT2D eigenvalue weighted by Gasteiger charge is 2.14. The Labute approximate surface area is 115 Å². The van der Waals surface area contributed by atoms with Gasteiger partial charge in [0.25, 0.3) is 0 Å². The lowest BCUT2D eigenvalue weighted by atomic mass is 10.1. The zero-order chi connectivity index (χ0) is 14.7. The predicted octanol–water partition coefficient (Wildman–Crippen LogP) is 2.17. The molecule has 0 unspecified atom stereocenters. The lowest BCUT2D eigenvalue weighted by Gasteiger charge is -2.12. The monoisotopic (exact) mass is 271 g/mol. The van der Waals surface area contributed by atoms with Gasteiger partial charge in [-0.1, -0.05) is 13.3 Å². The van der Waals surface area contributed by atoms with Gasteiger partial charge in [0, 0.05) is 5.70 Å². The van der Waals surface area contributed by atoms with Gasteiger partial charge in [-0.25, -0.2) is 4.79 Å². The average Bonchev–Trinajstić information content (AvgIpc) is 2.37. The van der Waals surface area contributed by atoms with Crippen LogP contribution >= 0.6 is 0 Å². The molecule has 0 aromatic heterocycles. The smallest absolute Gasteiger partial charge is 0.335 e. The molecule has 1 N–H and O–H groups in total. The molecule has 0 aliphatic rings. The van der Waals surface area contributed by atoms with Crippen LogP contribution in [0, 0.1) is 0 Å². The van der Waals surface area contributed by atoms with E-state index >= 15 is 0 Å². The minimum atomic E-state index is -0.333. The Morgan fingerprint density at radius 2 is 1.68 bits per heavy atom. The van der Waals surface area contributed by atoms with Gasteiger partial charge in [0.1, 0.15) is 6.54 Å². The number of hydrogen-bond donors (Lipinski definition) is 1. The van der Waals surface area contributed by atoms with Crippen molar-refractivity contribution in [1.29, 1.82) is 0 Å². The van der Waals surface area contributed by atoms with Gasteiger partial charge in [0.15, 0.2) is 0 Å². The summed E-state index contributed by atoms with van der Waals surface area (Å²) in [5.74, 6) is -0.648. The van der Waals surface area contributed by atoms with Crippen molar-refractivity contribution in [3.63, 3.8) is 0 Å². The Bertz CT molecular complexity index is 323. The molecule has 0 aliphatic heterocycles. The second-order valence-corrected chi connectivity index (χ2v) is 4.09. The topological polar surface area (TPSA) is 64.6 Å². The number of ether oxygens (including phenoxy) is 2. The molecule has 0 aromatic carbocycles. The molecule has 0 saturated carbocycles. The van der Waals surface area contributed by atoms with Crippen molar-refractivity contribution < 1.29 is 19.1 Å². The SMILES string of the molecule is CCCC/C(C(=O)OCC)=C(\C)NCC(=O)OCC. The molecule has 0 saturated heterocycles. The Morgan fingerprint density at radius 3 is 2.21 bits per heavy atom. The molecule has 19 heavy (non-hydrogen) atoms. The number of nitrogens with one attached hydrogen (secondary N) is 1. The number of unbranched alkanes of at least 4 members (excludes halogenated alkanes) is 1. The van der Waals surface area contributed by atoms with Gasteiger partial charge in [0.05, 0.1) is 18.8 Å². The van der Waals surface area contributed by atoms with E-state index in [-0.39, 0.29) is 18.5 Å². The van der Waals surface area contributed by atoms with Crippen LogP contribution in [0.25, 0.3) is 0 Å². The van der Waals surface area contributed by atoms with Crippen LogP contribution in [0.4, 0.5) is 0 Å². The quantitative estimate of drug-likeness (QED) is 0.514. The molecule has 0 aromatic rings. The minimum Gasteiger partial charge on any atom is -0.465 e. The third-order valence-corrected chi connectivity index (χ3v) is 2.56. The molecule has 0 heterocycles. The zero-order valence-electron chi connectivity index (χ0n) is 12.4. The molecule has 0 spiro atoms. The van der Waals surface area contributed by atoms with Crippen molar-refractivity contribution in [3.05, 3.63) is 11.3 Å². The van der Waals surface area contributed by atoms with E-state index in [1.807, 2.05) is 0 Å². The molecule has 110 valence electrons. The Kier molecular flexibility index (Phi) is 9.57. The van der Waals surface area contributed by atoms with E-state index in [1.54, 1.807) is 20.8 Å². The first-order chi connectivity index (χ1) is 9.06. The van der Waals surface area contributed by atoms with Gasteiger partial charge >= 0.3 is 11.9 Å². The van der Waals surface area contributed by atoms with E-state index in [9.17, 15) is 9.59 Å². The van der Waals surface area contributed by atoms with Crippen LogP contribution in [-0.4, -0.2) is 31.7 Å². The fourth-order valence-electron chi connectivity index (χ4n) is 1.54. The van der Waals surface area contributed by atoms with Gasteiger partial charge in [-0.3, -0.25) is 4.79 Å². The van der Waals surface area contributed by atoms with E-state index < -0.39 is 0 Å². The molecule has 0 fully saturated rings. The van der Waals surface area contributed by atoms with Crippen molar-refractivity contribution >= 4 is 11.9 Å². The van der Waals surface area contributed by atoms with Crippen molar-refractivity contribution in [2.24, 2.45) is 0 Å². The predicted molar refractivity (Wildman–Crippen MR) is 73.5 cm³/mol. The fourth-order valence-corrected chi connectivity index (χ4v) is 1.54. The summed E-state index contributed by atoms with van der Waals surface area (Å²) < 4.78 is 9.84. The Hall–Kier alpha value is -1.52. The van der Waals surface area contributed by atoms with Gasteiger partial charge in [0.2, 0.25) is 0 Å². The van der Waals surface area contributed by atoms with Crippen LogP contribution in [0.15, 0.2) is 11.3 Å². The molecular formula is C14H25NO4. The van der Waals surface area contributed by atoms with Crippen molar-refractivity contribution in [2.75, 3.05) is 19.8 Å². The molecular weight excluding hydrogens is 246 g/mol. The van der Waals surface area contributed by atoms with Crippen LogP contribution in [0.5, 0.6) is 0 Å². The Balaban J connectivity index is 4.62. The van der Waals surface area contributed by atoms with Crippen LogP contribution in [-0.2, 0) is 19.1 Å². The molecule has 0 radical (unpaired) electrons. The summed E-state index contributed by atoms with van der Waals surface area (Å²) in [5, 5.41) is 2.92. The lowest BCUT2D eigenvalue weighted by Crippen LogP contribution is -2.25. The average molecular weight is 271 g/mol. The molecule has 0 amide bonds. The zero-order valence-corrected chi connectivity index (χ0v) is 12.4. The third-order valence-electron chi connectivity index (χ3n) is 2.56. The van der Waals surface area contributed by atoms with E-state index in [0.29, 0.717) is 30.9 Å². The first-order valence-corrected chi connectivity index (χ1v) is 6.83. The maximum absolute atomic E-state index is 11.8. The maximum Gasteiger partial charge on any atom is 0.335 e. The first kappa shape index (κ1) is 17.5. The molecule has 0 rings (SSSR count). The minimum absolute atomic E-state index is 0.0642. The number of hydrogen-bond acceptors (Lipinski definition) is 5. The number of carbonyl (C=O) groups is 2. The number of allylic oxidation sites excluding steroid dienone is 1. The highest BCUT2D eigenvalue weighted by atomic mass is 16.5. The van der Waals surface area contributed by atoms with Crippen LogP contribution in [0.3, 0.4) is 0 Å². The van der Waals surface area contributed by atoms with Crippen molar-refractivity contribution in [1.82, 2.24) is 5.32 Å². The summed E-state index contributed by atoms with van der Waals surface area (Å²) in [4.78, 5) is 23.1. The fraction of sp³-hybridized carbons (Fsp3) is 0.714. The normalized spacial score (nSPS) is 11.6. The summed E-state index contributed by atoms with van der Waals surface area (Å²) in [6, 6.07) is 0. The van der Waals surface area contributed by atoms with Gasteiger partial charge < -0.3 is 14.8 Å². The number of esters is 2. The molecule has 5 heteroatoms. The van der Waals surface area contributed by atoms with Crippen molar-refractivity contribution in [3.8, 4) is 0 Å². The van der Waals surface area contributed by atoms with Crippen molar-refractivity contribution in [2.45, 2.75) is 47.0 Å².